The lowest BCUT2D eigenvalue weighted by molar-refractivity contribution is 0.0711. The Morgan fingerprint density at radius 2 is 2.00 bits per heavy atom. The van der Waals surface area contributed by atoms with Crippen molar-refractivity contribution in [3.8, 4) is 11.1 Å². The number of aromatic nitrogens is 4. The van der Waals surface area contributed by atoms with Crippen LogP contribution >= 0.6 is 0 Å². The minimum atomic E-state index is -0.266. The average Bonchev–Trinajstić information content (AvgIpc) is 3.24. The van der Waals surface area contributed by atoms with Crippen molar-refractivity contribution < 1.29 is 9.18 Å². The zero-order valence-corrected chi connectivity index (χ0v) is 16.2. The highest BCUT2D eigenvalue weighted by atomic mass is 19.1. The van der Waals surface area contributed by atoms with E-state index in [1.807, 2.05) is 17.9 Å². The summed E-state index contributed by atoms with van der Waals surface area (Å²) in [7, 11) is 0. The van der Waals surface area contributed by atoms with Crippen LogP contribution in [0.1, 0.15) is 41.7 Å². The third kappa shape index (κ3) is 4.11. The van der Waals surface area contributed by atoms with Gasteiger partial charge in [-0.15, -0.1) is 0 Å². The van der Waals surface area contributed by atoms with Crippen molar-refractivity contribution in [3.63, 3.8) is 0 Å². The molecule has 1 fully saturated rings. The molecule has 0 saturated carbocycles. The molecule has 1 aliphatic heterocycles. The van der Waals surface area contributed by atoms with Crippen LogP contribution in [0.15, 0.2) is 42.9 Å². The smallest absolute Gasteiger partial charge is 0.256 e. The van der Waals surface area contributed by atoms with E-state index in [1.54, 1.807) is 24.7 Å². The molecule has 150 valence electrons. The number of hydrogen-bond donors (Lipinski definition) is 2. The summed E-state index contributed by atoms with van der Waals surface area (Å²) in [5.74, 6) is 0.443. The molecule has 0 atom stereocenters. The van der Waals surface area contributed by atoms with E-state index in [1.165, 1.54) is 12.1 Å². The highest BCUT2D eigenvalue weighted by Gasteiger charge is 2.27. The van der Waals surface area contributed by atoms with E-state index in [9.17, 15) is 9.18 Å². The summed E-state index contributed by atoms with van der Waals surface area (Å²) in [6.45, 7) is 3.97. The summed E-state index contributed by atoms with van der Waals surface area (Å²) in [4.78, 5) is 22.9. The molecule has 0 spiro atoms. The number of H-pyrrole nitrogens is 1. The van der Waals surface area contributed by atoms with Gasteiger partial charge in [0.25, 0.3) is 5.91 Å². The number of piperidine rings is 1. The average molecular weight is 394 g/mol. The van der Waals surface area contributed by atoms with Gasteiger partial charge in [0.05, 0.1) is 11.8 Å². The molecule has 8 heteroatoms. The summed E-state index contributed by atoms with van der Waals surface area (Å²) in [5, 5.41) is 10.3. The van der Waals surface area contributed by atoms with Crippen LogP contribution < -0.4 is 5.32 Å². The third-order valence-corrected chi connectivity index (χ3v) is 5.23. The summed E-state index contributed by atoms with van der Waals surface area (Å²) in [5.41, 5.74) is 3.22. The van der Waals surface area contributed by atoms with Gasteiger partial charge in [-0.25, -0.2) is 14.4 Å². The van der Waals surface area contributed by atoms with E-state index in [0.717, 1.165) is 36.2 Å². The number of carbonyl (C=O) groups is 1. The maximum Gasteiger partial charge on any atom is 0.256 e. The van der Waals surface area contributed by atoms with Gasteiger partial charge in [0.15, 0.2) is 0 Å². The molecule has 7 nitrogen and oxygen atoms in total. The maximum absolute atomic E-state index is 13.6. The minimum absolute atomic E-state index is 0.0542. The van der Waals surface area contributed by atoms with Crippen LogP contribution in [0.5, 0.6) is 0 Å². The number of anilines is 1. The lowest BCUT2D eigenvalue weighted by atomic mass is 9.89. The SMILES string of the molecule is CCNc1ncc(C(=O)N2CCC(c3[nH]ncc3-c3cccc(F)c3)CC2)cn1. The third-order valence-electron chi connectivity index (χ3n) is 5.23. The predicted octanol–water partition coefficient (Wildman–Crippen LogP) is 3.46. The van der Waals surface area contributed by atoms with Crippen molar-refractivity contribution in [2.75, 3.05) is 25.0 Å². The Hall–Kier alpha value is -3.29. The normalized spacial score (nSPS) is 14.8. The van der Waals surface area contributed by atoms with E-state index >= 15 is 0 Å². The van der Waals surface area contributed by atoms with Gasteiger partial charge in [0.1, 0.15) is 5.82 Å². The van der Waals surface area contributed by atoms with Crippen LogP contribution in [0.3, 0.4) is 0 Å². The lowest BCUT2D eigenvalue weighted by Gasteiger charge is -2.32. The Balaban J connectivity index is 1.42. The number of carbonyl (C=O) groups excluding carboxylic acids is 1. The topological polar surface area (TPSA) is 86.8 Å². The zero-order chi connectivity index (χ0) is 20.2. The second-order valence-electron chi connectivity index (χ2n) is 7.10. The van der Waals surface area contributed by atoms with Crippen LogP contribution in [-0.2, 0) is 0 Å². The van der Waals surface area contributed by atoms with Gasteiger partial charge >= 0.3 is 0 Å². The number of nitrogens with one attached hydrogen (secondary N) is 2. The summed E-state index contributed by atoms with van der Waals surface area (Å²) in [6.07, 6.45) is 6.50. The number of amides is 1. The first-order valence-electron chi connectivity index (χ1n) is 9.80. The Bertz CT molecular complexity index is 979. The van der Waals surface area contributed by atoms with Crippen LogP contribution in [-0.4, -0.2) is 50.6 Å². The Kier molecular flexibility index (Phi) is 5.50. The molecule has 3 heterocycles. The lowest BCUT2D eigenvalue weighted by Crippen LogP contribution is -2.38. The van der Waals surface area contributed by atoms with Crippen LogP contribution in [0, 0.1) is 5.82 Å². The standard InChI is InChI=1S/C21H23FN6O/c1-2-23-21-24-11-16(12-25-21)20(29)28-8-6-14(7-9-28)19-18(13-26-27-19)15-4-3-5-17(22)10-15/h3-5,10-14H,2,6-9H2,1H3,(H,26,27)(H,23,24,25). The van der Waals surface area contributed by atoms with Crippen molar-refractivity contribution >= 4 is 11.9 Å². The molecule has 3 aromatic rings. The summed E-state index contributed by atoms with van der Waals surface area (Å²) < 4.78 is 13.6. The summed E-state index contributed by atoms with van der Waals surface area (Å²) in [6, 6.07) is 6.53. The Morgan fingerprint density at radius 1 is 1.24 bits per heavy atom. The number of hydrogen-bond acceptors (Lipinski definition) is 5. The molecule has 1 amide bonds. The van der Waals surface area contributed by atoms with Gasteiger partial charge < -0.3 is 10.2 Å². The predicted molar refractivity (Wildman–Crippen MR) is 108 cm³/mol. The van der Waals surface area contributed by atoms with Gasteiger partial charge in [0.2, 0.25) is 5.95 Å². The van der Waals surface area contributed by atoms with Crippen molar-refractivity contribution in [3.05, 3.63) is 59.9 Å². The van der Waals surface area contributed by atoms with Crippen molar-refractivity contribution in [1.82, 2.24) is 25.1 Å². The Morgan fingerprint density at radius 3 is 2.69 bits per heavy atom. The first-order valence-corrected chi connectivity index (χ1v) is 9.80. The van der Waals surface area contributed by atoms with Crippen LogP contribution in [0.25, 0.3) is 11.1 Å². The molecule has 1 aliphatic rings. The number of rotatable bonds is 5. The van der Waals surface area contributed by atoms with Crippen LogP contribution in [0.4, 0.5) is 10.3 Å². The first kappa shape index (κ1) is 19.0. The second-order valence-corrected chi connectivity index (χ2v) is 7.10. The monoisotopic (exact) mass is 394 g/mol. The molecule has 4 rings (SSSR count). The maximum atomic E-state index is 13.6. The van der Waals surface area contributed by atoms with Crippen LogP contribution in [0.2, 0.25) is 0 Å². The largest absolute Gasteiger partial charge is 0.355 e. The first-order chi connectivity index (χ1) is 14.2. The molecule has 2 N–H and O–H groups in total. The molecule has 0 radical (unpaired) electrons. The van der Waals surface area contributed by atoms with Gasteiger partial charge in [-0.2, -0.15) is 5.10 Å². The number of benzene rings is 1. The molecule has 0 bridgehead atoms. The molecule has 2 aromatic heterocycles. The molecule has 1 saturated heterocycles. The fourth-order valence-corrected chi connectivity index (χ4v) is 3.74. The molecule has 1 aromatic carbocycles. The zero-order valence-electron chi connectivity index (χ0n) is 16.2. The highest BCUT2D eigenvalue weighted by Crippen LogP contribution is 2.34. The Labute approximate surface area is 168 Å². The van der Waals surface area contributed by atoms with E-state index in [-0.39, 0.29) is 17.6 Å². The molecule has 29 heavy (non-hydrogen) atoms. The minimum Gasteiger partial charge on any atom is -0.355 e. The molecular weight excluding hydrogens is 371 g/mol. The van der Waals surface area contributed by atoms with Gasteiger partial charge in [-0.1, -0.05) is 12.1 Å². The fourth-order valence-electron chi connectivity index (χ4n) is 3.74. The summed E-state index contributed by atoms with van der Waals surface area (Å²) >= 11 is 0. The number of halogens is 1. The van der Waals surface area contributed by atoms with E-state index in [0.29, 0.717) is 24.6 Å². The van der Waals surface area contributed by atoms with Gasteiger partial charge in [0, 0.05) is 49.2 Å². The highest BCUT2D eigenvalue weighted by molar-refractivity contribution is 5.93. The van der Waals surface area contributed by atoms with Gasteiger partial charge in [-0.05, 0) is 37.5 Å². The van der Waals surface area contributed by atoms with E-state index < -0.39 is 0 Å². The van der Waals surface area contributed by atoms with E-state index in [2.05, 4.69) is 25.5 Å². The van der Waals surface area contributed by atoms with Crippen molar-refractivity contribution in [1.29, 1.82) is 0 Å². The van der Waals surface area contributed by atoms with Crippen molar-refractivity contribution in [2.24, 2.45) is 0 Å². The quantitative estimate of drug-likeness (QED) is 0.692. The molecule has 0 unspecified atom stereocenters. The van der Waals surface area contributed by atoms with Crippen molar-refractivity contribution in [2.45, 2.75) is 25.7 Å². The molecular formula is C21H23FN6O. The molecule has 0 aliphatic carbocycles. The number of likely N-dealkylation sites (tertiary alicyclic amines) is 1. The fraction of sp³-hybridized carbons (Fsp3) is 0.333. The van der Waals surface area contributed by atoms with E-state index in [4.69, 9.17) is 0 Å². The second kappa shape index (κ2) is 8.38. The van der Waals surface area contributed by atoms with Gasteiger partial charge in [-0.3, -0.25) is 9.89 Å². The number of aromatic amines is 1. The number of nitrogens with zero attached hydrogens (tertiary/aromatic N) is 4.